The predicted octanol–water partition coefficient (Wildman–Crippen LogP) is 6.46. The van der Waals surface area contributed by atoms with Crippen molar-refractivity contribution in [1.82, 2.24) is 24.6 Å². The third kappa shape index (κ3) is 5.06. The van der Waals surface area contributed by atoms with Gasteiger partial charge >= 0.3 is 0 Å². The summed E-state index contributed by atoms with van der Waals surface area (Å²) in [5.74, 6) is -0.669. The van der Waals surface area contributed by atoms with Crippen molar-refractivity contribution >= 4 is 51.9 Å². The topological polar surface area (TPSA) is 72.4 Å². The number of fused-ring (bicyclic) bond motifs is 1. The van der Waals surface area contributed by atoms with Crippen molar-refractivity contribution < 1.29 is 14.0 Å². The third-order valence-corrected chi connectivity index (χ3v) is 12.2. The van der Waals surface area contributed by atoms with Crippen molar-refractivity contribution in [2.45, 2.75) is 82.6 Å². The van der Waals surface area contributed by atoms with E-state index in [1.54, 1.807) is 18.3 Å². The molecule has 1 aliphatic carbocycles. The molecular formula is C34H39Cl2FN6O2S. The lowest BCUT2D eigenvalue weighted by Crippen LogP contribution is -2.59. The number of carbonyl (C=O) groups is 2. The normalized spacial score (nSPS) is 28.8. The van der Waals surface area contributed by atoms with Crippen LogP contribution in [-0.4, -0.2) is 85.9 Å². The van der Waals surface area contributed by atoms with Gasteiger partial charge in [-0.1, -0.05) is 49.2 Å². The van der Waals surface area contributed by atoms with Crippen LogP contribution in [0.2, 0.25) is 10.2 Å². The first kappa shape index (κ1) is 31.9. The number of halogens is 3. The molecule has 46 heavy (non-hydrogen) atoms. The number of benzene rings is 1. The third-order valence-electron chi connectivity index (χ3n) is 10.6. The van der Waals surface area contributed by atoms with Crippen molar-refractivity contribution in [3.8, 4) is 0 Å². The van der Waals surface area contributed by atoms with E-state index in [1.165, 1.54) is 17.8 Å². The molecule has 0 unspecified atom stereocenters. The number of likely N-dealkylation sites (N-methyl/N-ethyl adjacent to an activating group) is 1. The average molecular weight is 686 g/mol. The van der Waals surface area contributed by atoms with Gasteiger partial charge in [-0.3, -0.25) is 14.5 Å². The van der Waals surface area contributed by atoms with Crippen LogP contribution in [0.1, 0.15) is 70.5 Å². The Morgan fingerprint density at radius 2 is 1.87 bits per heavy atom. The first-order valence-electron chi connectivity index (χ1n) is 16.1. The molecule has 5 aliphatic rings. The molecule has 2 amide bonds. The number of piperazine rings is 1. The molecule has 0 bridgehead atoms. The van der Waals surface area contributed by atoms with Crippen LogP contribution in [0.5, 0.6) is 0 Å². The second-order valence-corrected chi connectivity index (χ2v) is 15.7. The molecule has 1 aromatic heterocycles. The van der Waals surface area contributed by atoms with Gasteiger partial charge in [-0.2, -0.15) is 0 Å². The van der Waals surface area contributed by atoms with E-state index in [0.29, 0.717) is 33.8 Å². The van der Waals surface area contributed by atoms with Gasteiger partial charge in [-0.25, -0.2) is 14.4 Å². The smallest absolute Gasteiger partial charge is 0.263 e. The van der Waals surface area contributed by atoms with E-state index in [9.17, 15) is 9.59 Å². The number of hydrogen-bond acceptors (Lipinski definition) is 7. The van der Waals surface area contributed by atoms with Gasteiger partial charge in [-0.05, 0) is 88.0 Å². The standard InChI is InChI=1S/C34H39Cl2FN6O2S/c1-19(2)27-28(31(45)42-20(3)6-10-25(42)30(44)41-15-14-40(5)34(18-41)12-13-34)46-32-39-33(4,22-8-11-26(36)38-17-22)29(43(27)32)21-7-9-23(35)24(37)16-21/h7-9,11,16-17,19-20,25,29H,6,10,12-15,18H2,1-5H3/t20-,25+,29-,33+/m1/s1. The minimum Gasteiger partial charge on any atom is -0.338 e. The lowest BCUT2D eigenvalue weighted by Gasteiger charge is -2.42. The molecule has 1 aromatic carbocycles. The fourth-order valence-corrected chi connectivity index (χ4v) is 9.40. The molecule has 1 saturated carbocycles. The molecule has 1 spiro atoms. The second kappa shape index (κ2) is 11.5. The number of nitrogens with zero attached hydrogens (tertiary/aromatic N) is 6. The SMILES string of the molecule is CC(C)C1=C(C(=O)N2[C@H](C)CC[C@H]2C(=O)N2CCN(C)C3(CC3)C2)SC2=N[C@@](C)(c3ccc(Cl)nc3)[C@@H](c3ccc(Cl)c(F)c3)N21. The summed E-state index contributed by atoms with van der Waals surface area (Å²) >= 11 is 13.6. The number of likely N-dealkylation sites (tertiary alicyclic amines) is 1. The van der Waals surface area contributed by atoms with E-state index in [1.807, 2.05) is 35.8 Å². The first-order chi connectivity index (χ1) is 21.8. The number of aromatic nitrogens is 1. The van der Waals surface area contributed by atoms with Gasteiger partial charge in [0, 0.05) is 48.7 Å². The van der Waals surface area contributed by atoms with Crippen LogP contribution in [0.15, 0.2) is 52.1 Å². The zero-order valence-electron chi connectivity index (χ0n) is 26.8. The number of hydrogen-bond donors (Lipinski definition) is 0. The lowest BCUT2D eigenvalue weighted by molar-refractivity contribution is -0.145. The Hall–Kier alpha value is -2.66. The monoisotopic (exact) mass is 684 g/mol. The highest BCUT2D eigenvalue weighted by Gasteiger charge is 2.56. The number of amidine groups is 1. The number of aliphatic imine (C=N–C) groups is 1. The minimum absolute atomic E-state index is 0.0377. The van der Waals surface area contributed by atoms with Crippen molar-refractivity contribution in [3.63, 3.8) is 0 Å². The van der Waals surface area contributed by atoms with Crippen LogP contribution >= 0.6 is 35.0 Å². The van der Waals surface area contributed by atoms with E-state index in [4.69, 9.17) is 28.2 Å². The number of rotatable bonds is 5. The van der Waals surface area contributed by atoms with Gasteiger partial charge < -0.3 is 14.7 Å². The molecule has 4 aliphatic heterocycles. The largest absolute Gasteiger partial charge is 0.338 e. The highest BCUT2D eigenvalue weighted by Crippen LogP contribution is 2.56. The summed E-state index contributed by atoms with van der Waals surface area (Å²) in [6, 6.07) is 7.40. The molecule has 0 N–H and O–H groups in total. The molecule has 2 aromatic rings. The molecule has 2 saturated heterocycles. The molecule has 7 rings (SSSR count). The molecular weight excluding hydrogens is 646 g/mol. The molecule has 4 atom stereocenters. The summed E-state index contributed by atoms with van der Waals surface area (Å²) in [6.07, 6.45) is 5.35. The molecule has 0 radical (unpaired) electrons. The Balaban J connectivity index is 1.26. The summed E-state index contributed by atoms with van der Waals surface area (Å²) < 4.78 is 15.0. The zero-order chi connectivity index (χ0) is 32.7. The molecule has 8 nitrogen and oxygen atoms in total. The Morgan fingerprint density at radius 3 is 2.52 bits per heavy atom. The van der Waals surface area contributed by atoms with Crippen molar-refractivity contribution in [2.24, 2.45) is 10.9 Å². The highest BCUT2D eigenvalue weighted by atomic mass is 35.5. The highest BCUT2D eigenvalue weighted by molar-refractivity contribution is 8.18. The summed E-state index contributed by atoms with van der Waals surface area (Å²) in [5, 5.41) is 1.07. The summed E-state index contributed by atoms with van der Waals surface area (Å²) in [4.78, 5) is 47.2. The van der Waals surface area contributed by atoms with Gasteiger partial charge in [0.1, 0.15) is 27.5 Å². The Labute approximate surface area is 284 Å². The van der Waals surface area contributed by atoms with Gasteiger partial charge in [0.25, 0.3) is 5.91 Å². The average Bonchev–Trinajstić information content (AvgIpc) is 3.39. The van der Waals surface area contributed by atoms with Gasteiger partial charge in [0.15, 0.2) is 5.17 Å². The summed E-state index contributed by atoms with van der Waals surface area (Å²) in [5.41, 5.74) is 1.55. The minimum atomic E-state index is -0.867. The van der Waals surface area contributed by atoms with Crippen LogP contribution in [0.3, 0.4) is 0 Å². The van der Waals surface area contributed by atoms with Gasteiger partial charge in [-0.15, -0.1) is 0 Å². The number of allylic oxidation sites excluding steroid dienone is 1. The van der Waals surface area contributed by atoms with Crippen LogP contribution in [0.25, 0.3) is 0 Å². The van der Waals surface area contributed by atoms with Gasteiger partial charge in [0.2, 0.25) is 5.91 Å². The van der Waals surface area contributed by atoms with E-state index in [-0.39, 0.29) is 34.3 Å². The van der Waals surface area contributed by atoms with Crippen molar-refractivity contribution in [3.05, 3.63) is 74.3 Å². The van der Waals surface area contributed by atoms with Gasteiger partial charge in [0.05, 0.1) is 11.1 Å². The number of pyridine rings is 1. The van der Waals surface area contributed by atoms with Crippen LogP contribution in [0, 0.1) is 11.7 Å². The number of carbonyl (C=O) groups excluding carboxylic acids is 2. The number of amides is 2. The van der Waals surface area contributed by atoms with E-state index in [0.717, 1.165) is 43.6 Å². The Kier molecular flexibility index (Phi) is 7.98. The molecule has 5 heterocycles. The van der Waals surface area contributed by atoms with Crippen LogP contribution < -0.4 is 0 Å². The maximum atomic E-state index is 15.0. The molecule has 244 valence electrons. The fourth-order valence-electron chi connectivity index (χ4n) is 7.82. The molecule has 12 heteroatoms. The quantitative estimate of drug-likeness (QED) is 0.337. The Bertz CT molecular complexity index is 1660. The Morgan fingerprint density at radius 1 is 1.11 bits per heavy atom. The van der Waals surface area contributed by atoms with E-state index in [2.05, 4.69) is 35.7 Å². The zero-order valence-corrected chi connectivity index (χ0v) is 29.1. The van der Waals surface area contributed by atoms with Crippen LogP contribution in [0.4, 0.5) is 4.39 Å². The van der Waals surface area contributed by atoms with E-state index >= 15 is 4.39 Å². The van der Waals surface area contributed by atoms with E-state index < -0.39 is 23.4 Å². The summed E-state index contributed by atoms with van der Waals surface area (Å²) in [7, 11) is 2.15. The second-order valence-electron chi connectivity index (χ2n) is 13.9. The number of thioether (sulfide) groups is 1. The fraction of sp³-hybridized carbons (Fsp3) is 0.529. The maximum Gasteiger partial charge on any atom is 0.263 e. The summed E-state index contributed by atoms with van der Waals surface area (Å²) in [6.45, 7) is 10.4. The maximum absolute atomic E-state index is 15.0. The van der Waals surface area contributed by atoms with Crippen molar-refractivity contribution in [1.29, 1.82) is 0 Å². The predicted molar refractivity (Wildman–Crippen MR) is 180 cm³/mol. The molecule has 3 fully saturated rings. The lowest BCUT2D eigenvalue weighted by atomic mass is 9.81. The first-order valence-corrected chi connectivity index (χ1v) is 17.6. The van der Waals surface area contributed by atoms with Crippen molar-refractivity contribution in [2.75, 3.05) is 26.7 Å². The van der Waals surface area contributed by atoms with Crippen LogP contribution in [-0.2, 0) is 15.1 Å².